The molecule has 0 aromatic heterocycles. The zero-order chi connectivity index (χ0) is 21.4. The number of rotatable bonds is 2. The van der Waals surface area contributed by atoms with E-state index in [1.165, 1.54) is 69.9 Å². The second-order valence-corrected chi connectivity index (χ2v) is 18.3. The fourth-order valence-electron chi connectivity index (χ4n) is 9.45. The maximum Gasteiger partial charge on any atom is 0.198 e. The van der Waals surface area contributed by atoms with Gasteiger partial charge >= 0.3 is 0 Å². The summed E-state index contributed by atoms with van der Waals surface area (Å²) in [5, 5.41) is 0.370. The van der Waals surface area contributed by atoms with Crippen molar-refractivity contribution >= 4 is 14.1 Å². The molecule has 0 spiro atoms. The highest BCUT2D eigenvalue weighted by Gasteiger charge is 2.62. The van der Waals surface area contributed by atoms with Crippen LogP contribution in [0.5, 0.6) is 0 Å². The van der Waals surface area contributed by atoms with Gasteiger partial charge in [-0.15, -0.1) is 0 Å². The smallest absolute Gasteiger partial charge is 0.198 e. The van der Waals surface area contributed by atoms with Crippen LogP contribution in [0.3, 0.4) is 0 Å². The lowest BCUT2D eigenvalue weighted by Gasteiger charge is -2.60. The lowest BCUT2D eigenvalue weighted by atomic mass is 9.45. The third kappa shape index (κ3) is 3.07. The largest absolute Gasteiger partial charge is 0.413 e. The van der Waals surface area contributed by atoms with Crippen LogP contribution in [0.1, 0.15) is 105 Å². The molecule has 0 aromatic carbocycles. The number of hydrogen-bond acceptors (Lipinski definition) is 2. The molecule has 4 saturated carbocycles. The molecule has 7 atom stereocenters. The average Bonchev–Trinajstić information content (AvgIpc) is 3.28. The zero-order valence-electron chi connectivity index (χ0n) is 20.4. The van der Waals surface area contributed by atoms with E-state index in [4.69, 9.17) is 4.43 Å². The number of Topliss-reactive ketones (excluding diaryl/α,β-unsaturated/α-hetero) is 1. The Morgan fingerprint density at radius 2 is 1.60 bits per heavy atom. The minimum Gasteiger partial charge on any atom is -0.413 e. The highest BCUT2D eigenvalue weighted by molar-refractivity contribution is 6.77. The van der Waals surface area contributed by atoms with Gasteiger partial charge in [0.05, 0.1) is 6.10 Å². The highest BCUT2D eigenvalue weighted by atomic mass is 28.4. The van der Waals surface area contributed by atoms with Gasteiger partial charge in [-0.2, -0.15) is 0 Å². The van der Waals surface area contributed by atoms with Gasteiger partial charge in [-0.05, 0) is 96.6 Å². The molecule has 0 N–H and O–H groups in total. The summed E-state index contributed by atoms with van der Waals surface area (Å²) in [6.07, 6.45) is 14.4. The van der Waals surface area contributed by atoms with E-state index < -0.39 is 8.32 Å². The summed E-state index contributed by atoms with van der Waals surface area (Å²) in [6, 6.07) is 2.79. The maximum absolute atomic E-state index is 12.2. The molecule has 5 rings (SSSR count). The van der Waals surface area contributed by atoms with Crippen LogP contribution in [0, 0.1) is 34.5 Å². The number of ketones is 1. The van der Waals surface area contributed by atoms with E-state index >= 15 is 0 Å². The molecule has 30 heavy (non-hydrogen) atoms. The highest BCUT2D eigenvalue weighted by Crippen LogP contribution is 2.67. The fraction of sp³-hybridized carbons (Fsp3) is 0.963. The second-order valence-electron chi connectivity index (χ2n) is 13.6. The van der Waals surface area contributed by atoms with Crippen LogP contribution in [0.4, 0.5) is 0 Å². The van der Waals surface area contributed by atoms with Crippen molar-refractivity contribution in [2.75, 3.05) is 0 Å². The first-order chi connectivity index (χ1) is 14.1. The van der Waals surface area contributed by atoms with Crippen LogP contribution >= 0.6 is 0 Å². The Hall–Kier alpha value is -0.153. The summed E-state index contributed by atoms with van der Waals surface area (Å²) >= 11 is 0. The van der Waals surface area contributed by atoms with Crippen LogP contribution in [-0.4, -0.2) is 20.2 Å². The average molecular weight is 431 g/mol. The monoisotopic (exact) mass is 430 g/mol. The van der Waals surface area contributed by atoms with Crippen molar-refractivity contribution in [1.82, 2.24) is 0 Å². The van der Waals surface area contributed by atoms with Crippen LogP contribution in [0.25, 0.3) is 0 Å². The summed E-state index contributed by atoms with van der Waals surface area (Å²) in [6.45, 7) is 12.6. The molecule has 1 heterocycles. The molecule has 170 valence electrons. The van der Waals surface area contributed by atoms with Crippen molar-refractivity contribution in [1.29, 1.82) is 0 Å². The van der Waals surface area contributed by atoms with Crippen LogP contribution < -0.4 is 0 Å². The van der Waals surface area contributed by atoms with Crippen molar-refractivity contribution in [3.63, 3.8) is 0 Å². The quantitative estimate of drug-likeness (QED) is 0.423. The molecule has 2 nitrogen and oxygen atoms in total. The van der Waals surface area contributed by atoms with Gasteiger partial charge in [-0.1, -0.05) is 47.5 Å². The van der Waals surface area contributed by atoms with Gasteiger partial charge in [-0.3, -0.25) is 4.79 Å². The minimum absolute atomic E-state index is 0.370. The summed E-state index contributed by atoms with van der Waals surface area (Å²) < 4.78 is 7.42. The topological polar surface area (TPSA) is 26.3 Å². The predicted octanol–water partition coefficient (Wildman–Crippen LogP) is 7.52. The Kier molecular flexibility index (Phi) is 5.18. The van der Waals surface area contributed by atoms with Crippen molar-refractivity contribution in [2.24, 2.45) is 34.5 Å². The van der Waals surface area contributed by atoms with Crippen molar-refractivity contribution in [2.45, 2.75) is 128 Å². The van der Waals surface area contributed by atoms with Gasteiger partial charge < -0.3 is 4.43 Å². The lowest BCUT2D eigenvalue weighted by molar-refractivity contribution is -0.141. The van der Waals surface area contributed by atoms with E-state index in [-0.39, 0.29) is 0 Å². The van der Waals surface area contributed by atoms with Gasteiger partial charge in [0.15, 0.2) is 8.32 Å². The standard InChI is InChI=1S/C27H46O2Si/c1-25(2,3)30(16-6-7-17-30)29-24-11-10-22-21-9-8-19-18-20(28)12-14-26(19,4)23(21)13-15-27(22,24)5/h19,21-24H,6-18H2,1-5H3/t19?,21?,22?,23?,24-,26-,27-/m0/s1. The first-order valence-electron chi connectivity index (χ1n) is 13.3. The first-order valence-corrected chi connectivity index (χ1v) is 15.6. The molecular formula is C27H46O2Si. The summed E-state index contributed by atoms with van der Waals surface area (Å²) in [7, 11) is -1.65. The van der Waals surface area contributed by atoms with E-state index in [0.29, 0.717) is 33.7 Å². The number of carbonyl (C=O) groups excluding carboxylic acids is 1. The molecule has 4 unspecified atom stereocenters. The molecule has 0 radical (unpaired) electrons. The lowest BCUT2D eigenvalue weighted by Crippen LogP contribution is -2.56. The summed E-state index contributed by atoms with van der Waals surface area (Å²) in [5.74, 6) is 3.83. The van der Waals surface area contributed by atoms with Crippen LogP contribution in [0.2, 0.25) is 17.1 Å². The molecule has 0 bridgehead atoms. The molecule has 0 amide bonds. The van der Waals surface area contributed by atoms with Gasteiger partial charge in [0, 0.05) is 12.8 Å². The van der Waals surface area contributed by atoms with Crippen molar-refractivity contribution in [3.05, 3.63) is 0 Å². The van der Waals surface area contributed by atoms with Gasteiger partial charge in [0.2, 0.25) is 0 Å². The third-order valence-electron chi connectivity index (χ3n) is 11.5. The molecule has 3 heteroatoms. The van der Waals surface area contributed by atoms with Crippen molar-refractivity contribution < 1.29 is 9.22 Å². The molecule has 1 aliphatic heterocycles. The Bertz CT molecular complexity index is 689. The second kappa shape index (κ2) is 7.17. The SMILES string of the molecule is CC(C)(C)[Si]1(O[C@H]2CCC3C4CCC5CC(=O)CC[C@]5(C)C4CC[C@@]32C)CCCC1. The third-order valence-corrected chi connectivity index (χ3v) is 17.3. The normalized spacial score (nSPS) is 48.2. The van der Waals surface area contributed by atoms with E-state index in [2.05, 4.69) is 34.6 Å². The van der Waals surface area contributed by atoms with Crippen molar-refractivity contribution in [3.8, 4) is 0 Å². The van der Waals surface area contributed by atoms with Gasteiger partial charge in [-0.25, -0.2) is 0 Å². The molecule has 0 aromatic rings. The van der Waals surface area contributed by atoms with E-state index in [1.807, 2.05) is 0 Å². The Labute approximate surface area is 186 Å². The molecule has 5 aliphatic rings. The van der Waals surface area contributed by atoms with Crippen LogP contribution in [-0.2, 0) is 9.22 Å². The number of fused-ring (bicyclic) bond motifs is 5. The zero-order valence-corrected chi connectivity index (χ0v) is 21.4. The van der Waals surface area contributed by atoms with E-state index in [9.17, 15) is 4.79 Å². The van der Waals surface area contributed by atoms with Gasteiger partial charge in [0.1, 0.15) is 5.78 Å². The first kappa shape index (κ1) is 21.7. The van der Waals surface area contributed by atoms with E-state index in [1.54, 1.807) is 0 Å². The Morgan fingerprint density at radius 3 is 2.30 bits per heavy atom. The predicted molar refractivity (Wildman–Crippen MR) is 126 cm³/mol. The molecule has 5 fully saturated rings. The summed E-state index contributed by atoms with van der Waals surface area (Å²) in [5.41, 5.74) is 0.840. The molecule has 4 aliphatic carbocycles. The van der Waals surface area contributed by atoms with E-state index in [0.717, 1.165) is 30.6 Å². The molecule has 1 saturated heterocycles. The minimum atomic E-state index is -1.65. The number of hydrogen-bond donors (Lipinski definition) is 0. The van der Waals surface area contributed by atoms with Crippen LogP contribution in [0.15, 0.2) is 0 Å². The fourth-order valence-corrected chi connectivity index (χ4v) is 14.4. The Morgan fingerprint density at radius 1 is 0.900 bits per heavy atom. The Balaban J connectivity index is 1.37. The number of carbonyl (C=O) groups is 1. The molecular weight excluding hydrogens is 384 g/mol. The maximum atomic E-state index is 12.2. The summed E-state index contributed by atoms with van der Waals surface area (Å²) in [4.78, 5) is 12.2. The van der Waals surface area contributed by atoms with Gasteiger partial charge in [0.25, 0.3) is 0 Å².